The average molecular weight is 252 g/mol. The molecule has 2 heteroatoms. The zero-order valence-corrected chi connectivity index (χ0v) is 12.5. The fraction of sp³-hybridized carbons (Fsp3) is 1.00. The van der Waals surface area contributed by atoms with E-state index in [0.29, 0.717) is 11.5 Å². The molecule has 0 radical (unpaired) electrons. The standard InChI is InChI=1S/C16H32N2/c1-16(2)9-6-10-18(13-16)15(12-17)11-14-7-4-3-5-8-14/h14-15H,3-13,17H2,1-2H3. The van der Waals surface area contributed by atoms with Crippen molar-refractivity contribution >= 4 is 0 Å². The molecule has 1 aliphatic carbocycles. The second-order valence-electron chi connectivity index (χ2n) is 7.37. The second-order valence-corrected chi connectivity index (χ2v) is 7.37. The molecule has 1 saturated carbocycles. The van der Waals surface area contributed by atoms with Gasteiger partial charge in [0.05, 0.1) is 0 Å². The lowest BCUT2D eigenvalue weighted by molar-refractivity contribution is 0.0668. The normalized spacial score (nSPS) is 28.2. The van der Waals surface area contributed by atoms with Crippen LogP contribution in [-0.4, -0.2) is 30.6 Å². The summed E-state index contributed by atoms with van der Waals surface area (Å²) < 4.78 is 0. The lowest BCUT2D eigenvalue weighted by Gasteiger charge is -2.43. The Labute approximate surface area is 113 Å². The van der Waals surface area contributed by atoms with Crippen LogP contribution in [-0.2, 0) is 0 Å². The zero-order chi connectivity index (χ0) is 13.0. The van der Waals surface area contributed by atoms with Crippen molar-refractivity contribution in [3.63, 3.8) is 0 Å². The van der Waals surface area contributed by atoms with E-state index in [1.807, 2.05) is 0 Å². The Hall–Kier alpha value is -0.0800. The molecule has 2 aliphatic rings. The van der Waals surface area contributed by atoms with Crippen LogP contribution in [0.4, 0.5) is 0 Å². The molecular weight excluding hydrogens is 220 g/mol. The fourth-order valence-corrected chi connectivity index (χ4v) is 3.98. The molecule has 106 valence electrons. The Morgan fingerprint density at radius 3 is 2.50 bits per heavy atom. The van der Waals surface area contributed by atoms with Gasteiger partial charge >= 0.3 is 0 Å². The summed E-state index contributed by atoms with van der Waals surface area (Å²) in [6, 6.07) is 0.646. The first kappa shape index (κ1) is 14.3. The van der Waals surface area contributed by atoms with Gasteiger partial charge < -0.3 is 5.73 Å². The van der Waals surface area contributed by atoms with Gasteiger partial charge in [-0.1, -0.05) is 46.0 Å². The molecule has 0 aromatic heterocycles. The monoisotopic (exact) mass is 252 g/mol. The number of nitrogens with two attached hydrogens (primary N) is 1. The maximum atomic E-state index is 6.07. The molecule has 1 saturated heterocycles. The maximum absolute atomic E-state index is 6.07. The van der Waals surface area contributed by atoms with Crippen LogP contribution in [0.5, 0.6) is 0 Å². The number of hydrogen-bond acceptors (Lipinski definition) is 2. The van der Waals surface area contributed by atoms with Gasteiger partial charge in [-0.25, -0.2) is 0 Å². The number of rotatable bonds is 4. The summed E-state index contributed by atoms with van der Waals surface area (Å²) in [6.45, 7) is 8.20. The first-order chi connectivity index (χ1) is 8.61. The van der Waals surface area contributed by atoms with Gasteiger partial charge in [0.2, 0.25) is 0 Å². The fourth-order valence-electron chi connectivity index (χ4n) is 3.98. The van der Waals surface area contributed by atoms with Crippen molar-refractivity contribution < 1.29 is 0 Å². The van der Waals surface area contributed by atoms with Gasteiger partial charge in [0.1, 0.15) is 0 Å². The van der Waals surface area contributed by atoms with Crippen molar-refractivity contribution in [1.29, 1.82) is 0 Å². The highest BCUT2D eigenvalue weighted by atomic mass is 15.2. The zero-order valence-electron chi connectivity index (χ0n) is 12.5. The average Bonchev–Trinajstić information content (AvgIpc) is 2.36. The van der Waals surface area contributed by atoms with Crippen LogP contribution < -0.4 is 5.73 Å². The molecule has 2 fully saturated rings. The van der Waals surface area contributed by atoms with E-state index >= 15 is 0 Å². The minimum atomic E-state index is 0.498. The lowest BCUT2D eigenvalue weighted by atomic mass is 9.81. The third-order valence-electron chi connectivity index (χ3n) is 5.05. The first-order valence-corrected chi connectivity index (χ1v) is 8.05. The Bertz CT molecular complexity index is 243. The van der Waals surface area contributed by atoms with Gasteiger partial charge in [-0.05, 0) is 37.1 Å². The van der Waals surface area contributed by atoms with Crippen LogP contribution in [0.25, 0.3) is 0 Å². The van der Waals surface area contributed by atoms with Gasteiger partial charge in [0, 0.05) is 19.1 Å². The smallest absolute Gasteiger partial charge is 0.0221 e. The Kier molecular flexibility index (Phi) is 5.08. The van der Waals surface area contributed by atoms with Gasteiger partial charge in [-0.2, -0.15) is 0 Å². The highest BCUT2D eigenvalue weighted by Crippen LogP contribution is 2.33. The van der Waals surface area contributed by atoms with Gasteiger partial charge in [-0.3, -0.25) is 4.90 Å². The lowest BCUT2D eigenvalue weighted by Crippen LogP contribution is -2.49. The summed E-state index contributed by atoms with van der Waals surface area (Å²) in [5.41, 5.74) is 6.57. The van der Waals surface area contributed by atoms with E-state index in [2.05, 4.69) is 18.7 Å². The summed E-state index contributed by atoms with van der Waals surface area (Å²) >= 11 is 0. The van der Waals surface area contributed by atoms with Crippen LogP contribution in [0.15, 0.2) is 0 Å². The van der Waals surface area contributed by atoms with Crippen LogP contribution in [0.1, 0.15) is 65.2 Å². The largest absolute Gasteiger partial charge is 0.329 e. The molecular formula is C16H32N2. The summed E-state index contributed by atoms with van der Waals surface area (Å²) in [5, 5.41) is 0. The van der Waals surface area contributed by atoms with Crippen LogP contribution in [0, 0.1) is 11.3 Å². The van der Waals surface area contributed by atoms with Crippen LogP contribution >= 0.6 is 0 Å². The van der Waals surface area contributed by atoms with E-state index in [0.717, 1.165) is 12.5 Å². The third-order valence-corrected chi connectivity index (χ3v) is 5.05. The number of nitrogens with zero attached hydrogens (tertiary/aromatic N) is 1. The molecule has 2 rings (SSSR count). The minimum Gasteiger partial charge on any atom is -0.329 e. The molecule has 0 spiro atoms. The van der Waals surface area contributed by atoms with Crippen LogP contribution in [0.3, 0.4) is 0 Å². The predicted molar refractivity (Wildman–Crippen MR) is 78.6 cm³/mol. The van der Waals surface area contributed by atoms with E-state index in [4.69, 9.17) is 5.73 Å². The number of hydrogen-bond donors (Lipinski definition) is 1. The highest BCUT2D eigenvalue weighted by Gasteiger charge is 2.31. The topological polar surface area (TPSA) is 29.3 Å². The molecule has 0 bridgehead atoms. The summed E-state index contributed by atoms with van der Waals surface area (Å²) in [4.78, 5) is 2.69. The summed E-state index contributed by atoms with van der Waals surface area (Å²) in [5.74, 6) is 0.956. The minimum absolute atomic E-state index is 0.498. The van der Waals surface area contributed by atoms with Gasteiger partial charge in [0.25, 0.3) is 0 Å². The molecule has 0 aromatic carbocycles. The van der Waals surface area contributed by atoms with Crippen molar-refractivity contribution in [3.8, 4) is 0 Å². The SMILES string of the molecule is CC1(C)CCCN(C(CN)CC2CCCCC2)C1. The molecule has 2 nitrogen and oxygen atoms in total. The quantitative estimate of drug-likeness (QED) is 0.831. The van der Waals surface area contributed by atoms with Crippen molar-refractivity contribution in [2.75, 3.05) is 19.6 Å². The Balaban J connectivity index is 1.86. The highest BCUT2D eigenvalue weighted by molar-refractivity contribution is 4.86. The predicted octanol–water partition coefficient (Wildman–Crippen LogP) is 3.41. The van der Waals surface area contributed by atoms with Crippen molar-refractivity contribution in [1.82, 2.24) is 4.90 Å². The summed E-state index contributed by atoms with van der Waals surface area (Å²) in [6.07, 6.45) is 11.4. The first-order valence-electron chi connectivity index (χ1n) is 8.05. The Morgan fingerprint density at radius 1 is 1.17 bits per heavy atom. The second kappa shape index (κ2) is 6.38. The number of piperidine rings is 1. The number of likely N-dealkylation sites (tertiary alicyclic amines) is 1. The van der Waals surface area contributed by atoms with Crippen molar-refractivity contribution in [2.24, 2.45) is 17.1 Å². The molecule has 1 heterocycles. The summed E-state index contributed by atoms with van der Waals surface area (Å²) in [7, 11) is 0. The Morgan fingerprint density at radius 2 is 1.89 bits per heavy atom. The van der Waals surface area contributed by atoms with E-state index in [1.165, 1.54) is 64.5 Å². The van der Waals surface area contributed by atoms with E-state index in [1.54, 1.807) is 0 Å². The molecule has 1 unspecified atom stereocenters. The molecule has 2 N–H and O–H groups in total. The van der Waals surface area contributed by atoms with Crippen LogP contribution in [0.2, 0.25) is 0 Å². The molecule has 0 amide bonds. The van der Waals surface area contributed by atoms with E-state index in [-0.39, 0.29) is 0 Å². The maximum Gasteiger partial charge on any atom is 0.0221 e. The molecule has 18 heavy (non-hydrogen) atoms. The third kappa shape index (κ3) is 3.96. The van der Waals surface area contributed by atoms with E-state index < -0.39 is 0 Å². The van der Waals surface area contributed by atoms with E-state index in [9.17, 15) is 0 Å². The van der Waals surface area contributed by atoms with Crippen molar-refractivity contribution in [3.05, 3.63) is 0 Å². The molecule has 1 atom stereocenters. The van der Waals surface area contributed by atoms with Crippen molar-refractivity contribution in [2.45, 2.75) is 71.3 Å². The molecule has 0 aromatic rings. The van der Waals surface area contributed by atoms with Gasteiger partial charge in [-0.15, -0.1) is 0 Å². The van der Waals surface area contributed by atoms with Gasteiger partial charge in [0.15, 0.2) is 0 Å². The molecule has 1 aliphatic heterocycles.